The molecule has 0 bridgehead atoms. The molecule has 0 spiro atoms. The Hall–Kier alpha value is -0.360. The maximum absolute atomic E-state index is 11.8. The van der Waals surface area contributed by atoms with E-state index >= 15 is 0 Å². The zero-order valence-electron chi connectivity index (χ0n) is 10.3. The first-order valence-corrected chi connectivity index (χ1v) is 8.52. The van der Waals surface area contributed by atoms with Gasteiger partial charge in [-0.25, -0.2) is 0 Å². The Kier molecular flexibility index (Phi) is 4.84. The molecule has 102 valence electrons. The molecule has 2 fully saturated rings. The number of amides is 1. The minimum Gasteiger partial charge on any atom is -0.481 e. The second-order valence-corrected chi connectivity index (χ2v) is 7.55. The summed E-state index contributed by atoms with van der Waals surface area (Å²) in [4.78, 5) is 23.0. The van der Waals surface area contributed by atoms with Crippen molar-refractivity contribution in [1.82, 2.24) is 5.32 Å². The van der Waals surface area contributed by atoms with E-state index in [1.807, 2.05) is 23.5 Å². The zero-order chi connectivity index (χ0) is 13.0. The highest BCUT2D eigenvalue weighted by atomic mass is 32.2. The first-order valence-electron chi connectivity index (χ1n) is 6.32. The number of hydrogen-bond acceptors (Lipinski definition) is 4. The van der Waals surface area contributed by atoms with Gasteiger partial charge in [0.05, 0.1) is 5.41 Å². The maximum atomic E-state index is 11.8. The third kappa shape index (κ3) is 3.35. The molecule has 1 saturated carbocycles. The van der Waals surface area contributed by atoms with E-state index in [1.54, 1.807) is 0 Å². The van der Waals surface area contributed by atoms with Crippen LogP contribution in [0.15, 0.2) is 0 Å². The van der Waals surface area contributed by atoms with Gasteiger partial charge in [-0.15, -0.1) is 0 Å². The summed E-state index contributed by atoms with van der Waals surface area (Å²) in [5.74, 6) is 2.50. The molecule has 1 aliphatic carbocycles. The number of aliphatic carboxylic acids is 1. The molecule has 0 aromatic carbocycles. The van der Waals surface area contributed by atoms with Crippen molar-refractivity contribution >= 4 is 35.4 Å². The van der Waals surface area contributed by atoms with E-state index in [0.717, 1.165) is 17.9 Å². The van der Waals surface area contributed by atoms with E-state index in [-0.39, 0.29) is 12.3 Å². The lowest BCUT2D eigenvalue weighted by molar-refractivity contribution is -0.157. The van der Waals surface area contributed by atoms with Gasteiger partial charge >= 0.3 is 5.97 Å². The van der Waals surface area contributed by atoms with Crippen LogP contribution in [0.4, 0.5) is 0 Å². The minimum atomic E-state index is -0.813. The molecule has 6 heteroatoms. The van der Waals surface area contributed by atoms with Gasteiger partial charge in [0.1, 0.15) is 0 Å². The van der Waals surface area contributed by atoms with Crippen molar-refractivity contribution in [2.24, 2.45) is 5.41 Å². The summed E-state index contributed by atoms with van der Waals surface area (Å²) < 4.78 is 0. The number of carbonyl (C=O) groups is 2. The van der Waals surface area contributed by atoms with Gasteiger partial charge < -0.3 is 10.4 Å². The van der Waals surface area contributed by atoms with Crippen LogP contribution in [-0.4, -0.2) is 46.0 Å². The van der Waals surface area contributed by atoms with E-state index in [1.165, 1.54) is 5.75 Å². The maximum Gasteiger partial charge on any atom is 0.310 e. The van der Waals surface area contributed by atoms with Crippen molar-refractivity contribution in [3.63, 3.8) is 0 Å². The fraction of sp³-hybridized carbons (Fsp3) is 0.833. The summed E-state index contributed by atoms with van der Waals surface area (Å²) >= 11 is 3.82. The Bertz CT molecular complexity index is 325. The fourth-order valence-corrected chi connectivity index (χ4v) is 4.93. The number of rotatable bonds is 5. The van der Waals surface area contributed by atoms with Gasteiger partial charge in [-0.1, -0.05) is 6.42 Å². The van der Waals surface area contributed by atoms with Gasteiger partial charge in [-0.05, 0) is 12.8 Å². The van der Waals surface area contributed by atoms with Crippen molar-refractivity contribution in [3.05, 3.63) is 0 Å². The lowest BCUT2D eigenvalue weighted by Gasteiger charge is -2.37. The average molecular weight is 289 g/mol. The van der Waals surface area contributed by atoms with Crippen LogP contribution in [0, 0.1) is 5.41 Å². The number of thioether (sulfide) groups is 2. The summed E-state index contributed by atoms with van der Waals surface area (Å²) in [6.45, 7) is 0.673. The monoisotopic (exact) mass is 289 g/mol. The predicted molar refractivity (Wildman–Crippen MR) is 75.1 cm³/mol. The second-order valence-electron chi connectivity index (χ2n) is 4.99. The van der Waals surface area contributed by atoms with Crippen LogP contribution in [-0.2, 0) is 9.59 Å². The highest BCUT2D eigenvalue weighted by Crippen LogP contribution is 2.44. The van der Waals surface area contributed by atoms with Crippen LogP contribution in [0.1, 0.15) is 25.7 Å². The molecule has 2 rings (SSSR count). The molecular weight excluding hydrogens is 270 g/mol. The van der Waals surface area contributed by atoms with Gasteiger partial charge in [0.2, 0.25) is 5.91 Å². The third-order valence-electron chi connectivity index (χ3n) is 3.68. The molecule has 18 heavy (non-hydrogen) atoms. The van der Waals surface area contributed by atoms with Crippen LogP contribution >= 0.6 is 23.5 Å². The minimum absolute atomic E-state index is 0.103. The topological polar surface area (TPSA) is 66.4 Å². The number of carboxylic acids is 1. The van der Waals surface area contributed by atoms with Crippen LogP contribution in [0.3, 0.4) is 0 Å². The Balaban J connectivity index is 1.73. The lowest BCUT2D eigenvalue weighted by Crippen LogP contribution is -2.43. The van der Waals surface area contributed by atoms with Crippen LogP contribution in [0.25, 0.3) is 0 Å². The third-order valence-corrected chi connectivity index (χ3v) is 6.52. The van der Waals surface area contributed by atoms with Crippen LogP contribution < -0.4 is 5.32 Å². The molecule has 1 amide bonds. The normalized spacial score (nSPS) is 26.1. The number of carbonyl (C=O) groups excluding carboxylic acids is 1. The first-order chi connectivity index (χ1) is 8.62. The van der Waals surface area contributed by atoms with Crippen molar-refractivity contribution in [2.45, 2.75) is 30.9 Å². The molecule has 0 aromatic rings. The van der Waals surface area contributed by atoms with E-state index in [9.17, 15) is 9.59 Å². The molecule has 2 N–H and O–H groups in total. The summed E-state index contributed by atoms with van der Waals surface area (Å²) in [6.07, 6.45) is 2.36. The highest BCUT2D eigenvalue weighted by molar-refractivity contribution is 8.06. The van der Waals surface area contributed by atoms with E-state index in [4.69, 9.17) is 5.11 Å². The molecule has 1 unspecified atom stereocenters. The summed E-state index contributed by atoms with van der Waals surface area (Å²) in [7, 11) is 0. The van der Waals surface area contributed by atoms with Crippen molar-refractivity contribution < 1.29 is 14.7 Å². The van der Waals surface area contributed by atoms with Gasteiger partial charge in [0.15, 0.2) is 0 Å². The van der Waals surface area contributed by atoms with Gasteiger partial charge in [0, 0.05) is 35.5 Å². The largest absolute Gasteiger partial charge is 0.481 e. The van der Waals surface area contributed by atoms with Gasteiger partial charge in [-0.3, -0.25) is 9.59 Å². The fourth-order valence-electron chi connectivity index (χ4n) is 2.32. The summed E-state index contributed by atoms with van der Waals surface area (Å²) in [6, 6.07) is 0. The average Bonchev–Trinajstić information content (AvgIpc) is 2.32. The Labute approximate surface area is 116 Å². The Morgan fingerprint density at radius 3 is 2.61 bits per heavy atom. The molecule has 1 heterocycles. The van der Waals surface area contributed by atoms with Gasteiger partial charge in [-0.2, -0.15) is 23.5 Å². The van der Waals surface area contributed by atoms with E-state index in [2.05, 4.69) is 5.32 Å². The zero-order valence-corrected chi connectivity index (χ0v) is 11.9. The standard InChI is InChI=1S/C12H19NO3S2/c14-10(6-12(11(15)16)2-1-3-12)13-7-9-8-17-4-5-18-9/h9H,1-8H2,(H,13,14)(H,15,16). The predicted octanol–water partition coefficient (Wildman–Crippen LogP) is 1.60. The summed E-state index contributed by atoms with van der Waals surface area (Å²) in [5, 5.41) is 12.5. The SMILES string of the molecule is O=C(CC1(C(=O)O)CCC1)NCC1CSCCS1. The lowest BCUT2D eigenvalue weighted by atomic mass is 9.66. The number of hydrogen-bond donors (Lipinski definition) is 2. The molecule has 1 saturated heterocycles. The molecule has 0 aromatic heterocycles. The smallest absolute Gasteiger partial charge is 0.310 e. The van der Waals surface area contributed by atoms with Crippen LogP contribution in [0.2, 0.25) is 0 Å². The Morgan fingerprint density at radius 1 is 1.33 bits per heavy atom. The first kappa shape index (κ1) is 14.1. The molecule has 1 aliphatic heterocycles. The highest BCUT2D eigenvalue weighted by Gasteiger charge is 2.45. The van der Waals surface area contributed by atoms with Crippen molar-refractivity contribution in [2.75, 3.05) is 23.8 Å². The second kappa shape index (κ2) is 6.19. The summed E-state index contributed by atoms with van der Waals surface area (Å²) in [5.41, 5.74) is -0.765. The quantitative estimate of drug-likeness (QED) is 0.804. The van der Waals surface area contributed by atoms with Crippen molar-refractivity contribution in [1.29, 1.82) is 0 Å². The molecule has 2 aliphatic rings. The number of nitrogens with one attached hydrogen (secondary N) is 1. The van der Waals surface area contributed by atoms with Gasteiger partial charge in [0.25, 0.3) is 0 Å². The van der Waals surface area contributed by atoms with E-state index < -0.39 is 11.4 Å². The Morgan fingerprint density at radius 2 is 2.11 bits per heavy atom. The number of carboxylic acid groups (broad SMARTS) is 1. The molecule has 1 atom stereocenters. The van der Waals surface area contributed by atoms with Crippen molar-refractivity contribution in [3.8, 4) is 0 Å². The molecular formula is C12H19NO3S2. The molecule has 4 nitrogen and oxygen atoms in total. The van der Waals surface area contributed by atoms with Crippen LogP contribution in [0.5, 0.6) is 0 Å². The molecule has 0 radical (unpaired) electrons. The van der Waals surface area contributed by atoms with E-state index in [0.29, 0.717) is 24.6 Å².